The van der Waals surface area contributed by atoms with Crippen LogP contribution in [0.4, 0.5) is 0 Å². The molecule has 1 heterocycles. The number of aromatic nitrogens is 1. The zero-order valence-electron chi connectivity index (χ0n) is 9.18. The molecule has 82 valence electrons. The van der Waals surface area contributed by atoms with Gasteiger partial charge in [-0.1, -0.05) is 60.7 Å². The normalized spacial score (nSPS) is 10.6. The first kappa shape index (κ1) is 10.2. The second kappa shape index (κ2) is 4.15. The molecule has 0 aliphatic carbocycles. The van der Waals surface area contributed by atoms with Gasteiger partial charge in [0, 0.05) is 21.1 Å². The average Bonchev–Trinajstić information content (AvgIpc) is 2.40. The predicted molar refractivity (Wildman–Crippen MR) is 74.6 cm³/mol. The van der Waals surface area contributed by atoms with Gasteiger partial charge in [0.05, 0.1) is 0 Å². The average molecular weight is 237 g/mol. The zero-order valence-corrected chi connectivity index (χ0v) is 10.00. The fourth-order valence-electron chi connectivity index (χ4n) is 1.97. The first-order chi connectivity index (χ1) is 8.34. The topological polar surface area (TPSA) is 15.8 Å². The summed E-state index contributed by atoms with van der Waals surface area (Å²) in [6.07, 6.45) is 0. The summed E-state index contributed by atoms with van der Waals surface area (Å²) in [6.45, 7) is 0. The smallest absolute Gasteiger partial charge is 0.0491 e. The number of fused-ring (bicyclic) bond motifs is 1. The van der Waals surface area contributed by atoms with E-state index in [1.54, 1.807) is 0 Å². The second-order valence-electron chi connectivity index (χ2n) is 3.96. The van der Waals surface area contributed by atoms with Crippen molar-refractivity contribution in [1.82, 2.24) is 4.98 Å². The molecule has 3 rings (SSSR count). The summed E-state index contributed by atoms with van der Waals surface area (Å²) in [5.41, 5.74) is 3.30. The predicted octanol–water partition coefficient (Wildman–Crippen LogP) is 4.56. The van der Waals surface area contributed by atoms with Crippen LogP contribution in [0, 0.1) is 4.51 Å². The van der Waals surface area contributed by atoms with Crippen LogP contribution in [0.3, 0.4) is 0 Å². The van der Waals surface area contributed by atoms with Crippen LogP contribution in [0.15, 0.2) is 60.7 Å². The lowest BCUT2D eigenvalue weighted by Crippen LogP contribution is -1.85. The lowest BCUT2D eigenvalue weighted by molar-refractivity contribution is 1.39. The van der Waals surface area contributed by atoms with Gasteiger partial charge in [-0.05, 0) is 17.7 Å². The van der Waals surface area contributed by atoms with Crippen LogP contribution >= 0.6 is 12.2 Å². The van der Waals surface area contributed by atoms with Gasteiger partial charge in [-0.15, -0.1) is 0 Å². The summed E-state index contributed by atoms with van der Waals surface area (Å²) in [5.74, 6) is 0. The Labute approximate surface area is 105 Å². The van der Waals surface area contributed by atoms with Crippen LogP contribution in [0.25, 0.3) is 22.2 Å². The maximum absolute atomic E-state index is 5.42. The molecule has 0 amide bonds. The molecule has 0 spiro atoms. The lowest BCUT2D eigenvalue weighted by Gasteiger charge is -2.05. The molecule has 2 aromatic carbocycles. The van der Waals surface area contributed by atoms with Gasteiger partial charge in [-0.25, -0.2) is 0 Å². The van der Waals surface area contributed by atoms with E-state index in [4.69, 9.17) is 12.2 Å². The Kier molecular flexibility index (Phi) is 2.50. The Morgan fingerprint density at radius 2 is 1.53 bits per heavy atom. The van der Waals surface area contributed by atoms with Gasteiger partial charge in [0.25, 0.3) is 0 Å². The van der Waals surface area contributed by atoms with E-state index >= 15 is 0 Å². The van der Waals surface area contributed by atoms with Gasteiger partial charge in [-0.3, -0.25) is 0 Å². The van der Waals surface area contributed by atoms with Crippen LogP contribution in [-0.2, 0) is 0 Å². The summed E-state index contributed by atoms with van der Waals surface area (Å²) in [6, 6.07) is 20.4. The van der Waals surface area contributed by atoms with Crippen LogP contribution in [-0.4, -0.2) is 4.98 Å². The number of rotatable bonds is 1. The summed E-state index contributed by atoms with van der Waals surface area (Å²) in [7, 11) is 0. The van der Waals surface area contributed by atoms with Crippen molar-refractivity contribution in [2.75, 3.05) is 0 Å². The number of nitrogens with one attached hydrogen (secondary N) is 1. The number of hydrogen-bond donors (Lipinski definition) is 1. The summed E-state index contributed by atoms with van der Waals surface area (Å²) < 4.78 is 0.887. The number of H-pyrrole nitrogens is 1. The molecule has 1 aromatic heterocycles. The third-order valence-electron chi connectivity index (χ3n) is 2.82. The first-order valence-corrected chi connectivity index (χ1v) is 5.93. The Morgan fingerprint density at radius 3 is 2.35 bits per heavy atom. The Morgan fingerprint density at radius 1 is 0.824 bits per heavy atom. The number of pyridine rings is 1. The van der Waals surface area contributed by atoms with E-state index < -0.39 is 0 Å². The highest BCUT2D eigenvalue weighted by atomic mass is 32.1. The first-order valence-electron chi connectivity index (χ1n) is 5.52. The largest absolute Gasteiger partial charge is 0.354 e. The van der Waals surface area contributed by atoms with Crippen molar-refractivity contribution < 1.29 is 0 Å². The quantitative estimate of drug-likeness (QED) is 0.613. The lowest BCUT2D eigenvalue weighted by atomic mass is 10.1. The van der Waals surface area contributed by atoms with Crippen molar-refractivity contribution in [3.63, 3.8) is 0 Å². The highest BCUT2D eigenvalue weighted by Crippen LogP contribution is 2.21. The van der Waals surface area contributed by atoms with Crippen LogP contribution in [0.2, 0.25) is 0 Å². The molecule has 0 aliphatic heterocycles. The van der Waals surface area contributed by atoms with E-state index in [0.29, 0.717) is 0 Å². The summed E-state index contributed by atoms with van der Waals surface area (Å²) in [4.78, 5) is 3.42. The van der Waals surface area contributed by atoms with Crippen LogP contribution < -0.4 is 0 Å². The van der Waals surface area contributed by atoms with Crippen molar-refractivity contribution in [1.29, 1.82) is 0 Å². The van der Waals surface area contributed by atoms with E-state index in [0.717, 1.165) is 26.7 Å². The molecule has 1 nitrogen and oxygen atoms in total. The third kappa shape index (κ3) is 1.87. The third-order valence-corrected chi connectivity index (χ3v) is 3.16. The zero-order chi connectivity index (χ0) is 11.7. The molecule has 0 saturated heterocycles. The molecule has 0 aliphatic rings. The number of benzene rings is 2. The molecule has 0 radical (unpaired) electrons. The molecular formula is C15H11NS. The minimum Gasteiger partial charge on any atom is -0.354 e. The Hall–Kier alpha value is -1.93. The molecule has 0 unspecified atom stereocenters. The molecule has 1 N–H and O–H groups in total. The summed E-state index contributed by atoms with van der Waals surface area (Å²) in [5, 5.41) is 1.10. The molecular weight excluding hydrogens is 226 g/mol. The minimum atomic E-state index is 0.887. The molecule has 3 aromatic rings. The molecule has 0 atom stereocenters. The number of para-hydroxylation sites is 1. The maximum Gasteiger partial charge on any atom is 0.0491 e. The maximum atomic E-state index is 5.42. The SMILES string of the molecule is S=c1cc(-c2ccccc2)[nH]c2ccccc12. The number of aromatic amines is 1. The van der Waals surface area contributed by atoms with E-state index in [-0.39, 0.29) is 0 Å². The van der Waals surface area contributed by atoms with Gasteiger partial charge in [0.2, 0.25) is 0 Å². The summed E-state index contributed by atoms with van der Waals surface area (Å²) >= 11 is 5.42. The van der Waals surface area contributed by atoms with Gasteiger partial charge in [-0.2, -0.15) is 0 Å². The van der Waals surface area contributed by atoms with E-state index in [9.17, 15) is 0 Å². The van der Waals surface area contributed by atoms with Gasteiger partial charge < -0.3 is 4.98 Å². The highest BCUT2D eigenvalue weighted by Gasteiger charge is 2.00. The van der Waals surface area contributed by atoms with Crippen molar-refractivity contribution in [3.05, 3.63) is 65.2 Å². The monoisotopic (exact) mass is 237 g/mol. The minimum absolute atomic E-state index is 0.887. The van der Waals surface area contributed by atoms with Crippen molar-refractivity contribution in [2.24, 2.45) is 0 Å². The van der Waals surface area contributed by atoms with Crippen LogP contribution in [0.1, 0.15) is 0 Å². The molecule has 0 fully saturated rings. The molecule has 0 saturated carbocycles. The highest BCUT2D eigenvalue weighted by molar-refractivity contribution is 7.71. The second-order valence-corrected chi connectivity index (χ2v) is 4.40. The van der Waals surface area contributed by atoms with Crippen molar-refractivity contribution in [2.45, 2.75) is 0 Å². The van der Waals surface area contributed by atoms with Gasteiger partial charge in [0.15, 0.2) is 0 Å². The van der Waals surface area contributed by atoms with Crippen LogP contribution in [0.5, 0.6) is 0 Å². The molecule has 2 heteroatoms. The fraction of sp³-hybridized carbons (Fsp3) is 0. The standard InChI is InChI=1S/C15H11NS/c17-15-10-14(11-6-2-1-3-7-11)16-13-9-5-4-8-12(13)15/h1-10H,(H,16,17). The Bertz CT molecular complexity index is 714. The van der Waals surface area contributed by atoms with Crippen molar-refractivity contribution in [3.8, 4) is 11.3 Å². The molecule has 17 heavy (non-hydrogen) atoms. The van der Waals surface area contributed by atoms with E-state index in [1.165, 1.54) is 0 Å². The molecule has 0 bridgehead atoms. The Balaban J connectivity index is 2.30. The van der Waals surface area contributed by atoms with E-state index in [2.05, 4.69) is 23.2 Å². The van der Waals surface area contributed by atoms with Crippen molar-refractivity contribution >= 4 is 23.1 Å². The van der Waals surface area contributed by atoms with E-state index in [1.807, 2.05) is 42.5 Å². The number of hydrogen-bond acceptors (Lipinski definition) is 1. The van der Waals surface area contributed by atoms with Gasteiger partial charge >= 0.3 is 0 Å². The van der Waals surface area contributed by atoms with Gasteiger partial charge in [0.1, 0.15) is 0 Å². The fourth-order valence-corrected chi connectivity index (χ4v) is 2.27.